The second kappa shape index (κ2) is 9.24. The number of hydrogen-bond acceptors (Lipinski definition) is 6. The zero-order chi connectivity index (χ0) is 24.6. The number of amides is 1. The van der Waals surface area contributed by atoms with Crippen LogP contribution in [0.5, 0.6) is 0 Å². The van der Waals surface area contributed by atoms with Gasteiger partial charge in [0, 0.05) is 29.4 Å². The van der Waals surface area contributed by atoms with Gasteiger partial charge in [0.25, 0.3) is 10.0 Å². The summed E-state index contributed by atoms with van der Waals surface area (Å²) in [6, 6.07) is 16.4. The normalized spacial score (nSPS) is 13.0. The Kier molecular flexibility index (Phi) is 6.12. The van der Waals surface area contributed by atoms with Crippen LogP contribution in [0.4, 0.5) is 10.8 Å². The first-order valence-electron chi connectivity index (χ1n) is 11.2. The molecule has 0 atom stereocenters. The summed E-state index contributed by atoms with van der Waals surface area (Å²) in [6.45, 7) is 4.18. The minimum Gasteiger partial charge on any atom is -0.302 e. The van der Waals surface area contributed by atoms with E-state index in [1.54, 1.807) is 24.5 Å². The molecule has 1 amide bonds. The number of nitrogens with one attached hydrogen (secondary N) is 1. The largest absolute Gasteiger partial charge is 0.302 e. The Morgan fingerprint density at radius 1 is 1.09 bits per heavy atom. The van der Waals surface area contributed by atoms with Gasteiger partial charge in [0.1, 0.15) is 0 Å². The number of aryl methyl sites for hydroxylation is 2. The molecule has 1 aliphatic rings. The quantitative estimate of drug-likeness (QED) is 0.409. The number of hydrogen-bond donors (Lipinski definition) is 1. The fourth-order valence-corrected chi connectivity index (χ4v) is 6.88. The summed E-state index contributed by atoms with van der Waals surface area (Å²) in [6.07, 6.45) is 4.21. The van der Waals surface area contributed by atoms with Gasteiger partial charge in [-0.3, -0.25) is 14.1 Å². The summed E-state index contributed by atoms with van der Waals surface area (Å²) < 4.78 is 28.2. The lowest BCUT2D eigenvalue weighted by atomic mass is 10.1. The van der Waals surface area contributed by atoms with Gasteiger partial charge >= 0.3 is 0 Å². The average molecular weight is 505 g/mol. The van der Waals surface area contributed by atoms with Crippen molar-refractivity contribution in [1.82, 2.24) is 9.97 Å². The Hall–Kier alpha value is -3.56. The lowest BCUT2D eigenvalue weighted by molar-refractivity contribution is -0.115. The number of nitrogens with zero attached hydrogens (tertiary/aromatic N) is 3. The first kappa shape index (κ1) is 23.2. The number of sulfonamides is 1. The Balaban J connectivity index is 1.37. The molecule has 2 aromatic carbocycles. The number of thiazole rings is 1. The zero-order valence-corrected chi connectivity index (χ0v) is 21.0. The molecule has 0 saturated heterocycles. The van der Waals surface area contributed by atoms with Crippen LogP contribution in [0.2, 0.25) is 0 Å². The lowest BCUT2D eigenvalue weighted by Gasteiger charge is -2.21. The standard InChI is InChI=1S/C26H24N4O3S2/c1-17-5-3-4-6-23(17)35(32,33)30-14-11-20-16-21(7-8-22(20)30)25-18(2)34-26(29-25)28-24(31)15-19-9-12-27-13-10-19/h3-10,12-13,16H,11,14-15H2,1-2H3,(H,28,29,31). The smallest absolute Gasteiger partial charge is 0.264 e. The molecule has 0 unspecified atom stereocenters. The number of carbonyl (C=O) groups excluding carboxylic acids is 1. The summed E-state index contributed by atoms with van der Waals surface area (Å²) >= 11 is 1.42. The molecule has 4 aromatic rings. The Morgan fingerprint density at radius 3 is 2.63 bits per heavy atom. The number of carbonyl (C=O) groups is 1. The molecule has 35 heavy (non-hydrogen) atoms. The molecule has 2 aromatic heterocycles. The minimum atomic E-state index is -3.64. The van der Waals surface area contributed by atoms with Crippen molar-refractivity contribution in [2.45, 2.75) is 31.6 Å². The first-order valence-corrected chi connectivity index (χ1v) is 13.5. The van der Waals surface area contributed by atoms with E-state index in [0.717, 1.165) is 32.8 Å². The lowest BCUT2D eigenvalue weighted by Crippen LogP contribution is -2.29. The van der Waals surface area contributed by atoms with Crippen LogP contribution in [0.15, 0.2) is 71.9 Å². The molecule has 0 radical (unpaired) electrons. The number of aromatic nitrogens is 2. The molecule has 0 saturated carbocycles. The highest BCUT2D eigenvalue weighted by atomic mass is 32.2. The van der Waals surface area contributed by atoms with Crippen molar-refractivity contribution in [1.29, 1.82) is 0 Å². The molecule has 0 spiro atoms. The second-order valence-electron chi connectivity index (χ2n) is 8.44. The number of rotatable bonds is 6. The van der Waals surface area contributed by atoms with Crippen molar-refractivity contribution in [2.24, 2.45) is 0 Å². The van der Waals surface area contributed by atoms with Gasteiger partial charge in [-0.25, -0.2) is 13.4 Å². The van der Waals surface area contributed by atoms with Crippen molar-refractivity contribution in [2.75, 3.05) is 16.2 Å². The predicted molar refractivity (Wildman–Crippen MR) is 138 cm³/mol. The molecule has 9 heteroatoms. The van der Waals surface area contributed by atoms with Gasteiger partial charge in [0.05, 0.1) is 22.7 Å². The fraction of sp³-hybridized carbons (Fsp3) is 0.192. The summed E-state index contributed by atoms with van der Waals surface area (Å²) in [4.78, 5) is 22.4. The monoisotopic (exact) mass is 504 g/mol. The summed E-state index contributed by atoms with van der Waals surface area (Å²) in [5.41, 5.74) is 4.98. The van der Waals surface area contributed by atoms with E-state index in [9.17, 15) is 13.2 Å². The van der Waals surface area contributed by atoms with Crippen molar-refractivity contribution in [3.63, 3.8) is 0 Å². The highest BCUT2D eigenvalue weighted by molar-refractivity contribution is 7.93. The maximum atomic E-state index is 13.3. The Morgan fingerprint density at radius 2 is 1.86 bits per heavy atom. The molecule has 7 nitrogen and oxygen atoms in total. The average Bonchev–Trinajstić information content (AvgIpc) is 3.42. The molecular weight excluding hydrogens is 480 g/mol. The Bertz CT molecular complexity index is 1510. The molecule has 0 bridgehead atoms. The predicted octanol–water partition coefficient (Wildman–Crippen LogP) is 4.75. The molecule has 0 fully saturated rings. The first-order chi connectivity index (χ1) is 16.8. The van der Waals surface area contributed by atoms with Crippen molar-refractivity contribution >= 4 is 38.1 Å². The molecule has 178 valence electrons. The van der Waals surface area contributed by atoms with Gasteiger partial charge in [0.15, 0.2) is 5.13 Å². The van der Waals surface area contributed by atoms with Crippen molar-refractivity contribution in [3.8, 4) is 11.3 Å². The SMILES string of the molecule is Cc1ccccc1S(=O)(=O)N1CCc2cc(-c3nc(NC(=O)Cc4ccncc4)sc3C)ccc21. The van der Waals surface area contributed by atoms with Crippen molar-refractivity contribution in [3.05, 3.63) is 88.6 Å². The molecular formula is C26H24N4O3S2. The van der Waals surface area contributed by atoms with Crippen LogP contribution in [0.1, 0.15) is 21.6 Å². The van der Waals surface area contributed by atoms with Gasteiger partial charge in [-0.05, 0) is 67.3 Å². The van der Waals surface area contributed by atoms with Crippen LogP contribution in [-0.2, 0) is 27.7 Å². The topological polar surface area (TPSA) is 92.3 Å². The minimum absolute atomic E-state index is 0.137. The van der Waals surface area contributed by atoms with Gasteiger partial charge in [-0.2, -0.15) is 0 Å². The third-order valence-corrected chi connectivity index (χ3v) is 8.88. The van der Waals surface area contributed by atoms with Gasteiger partial charge in [-0.15, -0.1) is 11.3 Å². The van der Waals surface area contributed by atoms with Gasteiger partial charge < -0.3 is 5.32 Å². The number of benzene rings is 2. The van der Waals surface area contributed by atoms with E-state index < -0.39 is 10.0 Å². The van der Waals surface area contributed by atoms with Crippen LogP contribution in [0.3, 0.4) is 0 Å². The van der Waals surface area contributed by atoms with E-state index >= 15 is 0 Å². The molecule has 1 N–H and O–H groups in total. The third-order valence-electron chi connectivity index (χ3n) is 6.02. The van der Waals surface area contributed by atoms with Crippen LogP contribution in [-0.4, -0.2) is 30.8 Å². The summed E-state index contributed by atoms with van der Waals surface area (Å²) in [5, 5.41) is 3.43. The molecule has 3 heterocycles. The van der Waals surface area contributed by atoms with E-state index in [4.69, 9.17) is 0 Å². The number of pyridine rings is 1. The van der Waals surface area contributed by atoms with E-state index in [-0.39, 0.29) is 12.3 Å². The van der Waals surface area contributed by atoms with E-state index in [2.05, 4.69) is 15.3 Å². The summed E-state index contributed by atoms with van der Waals surface area (Å²) in [5.74, 6) is -0.137. The highest BCUT2D eigenvalue weighted by Crippen LogP contribution is 2.38. The van der Waals surface area contributed by atoms with Crippen LogP contribution in [0.25, 0.3) is 11.3 Å². The van der Waals surface area contributed by atoms with Crippen LogP contribution < -0.4 is 9.62 Å². The molecule has 5 rings (SSSR count). The second-order valence-corrected chi connectivity index (χ2v) is 11.5. The maximum Gasteiger partial charge on any atom is 0.264 e. The zero-order valence-electron chi connectivity index (χ0n) is 19.4. The van der Waals surface area contributed by atoms with Crippen LogP contribution >= 0.6 is 11.3 Å². The summed E-state index contributed by atoms with van der Waals surface area (Å²) in [7, 11) is -3.64. The van der Waals surface area contributed by atoms with E-state index in [0.29, 0.717) is 28.7 Å². The van der Waals surface area contributed by atoms with Crippen molar-refractivity contribution < 1.29 is 13.2 Å². The van der Waals surface area contributed by atoms with Crippen LogP contribution in [0, 0.1) is 13.8 Å². The fourth-order valence-electron chi connectivity index (χ4n) is 4.30. The third kappa shape index (κ3) is 4.56. The van der Waals surface area contributed by atoms with Gasteiger partial charge in [-0.1, -0.05) is 24.3 Å². The number of fused-ring (bicyclic) bond motifs is 1. The van der Waals surface area contributed by atoms with Gasteiger partial charge in [0.2, 0.25) is 5.91 Å². The Labute approximate surface area is 208 Å². The molecule has 1 aliphatic heterocycles. The van der Waals surface area contributed by atoms with E-state index in [1.807, 2.05) is 56.3 Å². The number of anilines is 2. The van der Waals surface area contributed by atoms with E-state index in [1.165, 1.54) is 15.6 Å². The maximum absolute atomic E-state index is 13.3. The highest BCUT2D eigenvalue weighted by Gasteiger charge is 2.32. The molecule has 0 aliphatic carbocycles.